The van der Waals surface area contributed by atoms with E-state index >= 15 is 0 Å². The third-order valence-electron chi connectivity index (χ3n) is 1.70. The Morgan fingerprint density at radius 3 is 2.59 bits per heavy atom. The van der Waals surface area contributed by atoms with Gasteiger partial charge in [-0.2, -0.15) is 13.2 Å². The Morgan fingerprint density at radius 1 is 1.41 bits per heavy atom. The van der Waals surface area contributed by atoms with Crippen LogP contribution in [0.2, 0.25) is 0 Å². The summed E-state index contributed by atoms with van der Waals surface area (Å²) >= 11 is 0. The fraction of sp³-hybridized carbons (Fsp3) is 0.333. The van der Waals surface area contributed by atoms with E-state index in [2.05, 4.69) is 10.3 Å². The predicted octanol–water partition coefficient (Wildman–Crippen LogP) is 0.987. The number of carbonyl (C=O) groups excluding carboxylic acids is 1. The molecule has 0 atom stereocenters. The van der Waals surface area contributed by atoms with Gasteiger partial charge in [0.25, 0.3) is 0 Å². The van der Waals surface area contributed by atoms with Crippen LogP contribution in [-0.4, -0.2) is 35.3 Å². The molecule has 0 fully saturated rings. The summed E-state index contributed by atoms with van der Waals surface area (Å²) in [6.45, 7) is 0.190. The summed E-state index contributed by atoms with van der Waals surface area (Å²) in [6, 6.07) is 2.66. The number of halogens is 3. The molecule has 0 aromatic carbocycles. The SMILES string of the molecule is O=C(Nc1ccc(NCCO)nc1)C(F)(F)F. The van der Waals surface area contributed by atoms with Gasteiger partial charge in [0.1, 0.15) is 5.82 Å². The van der Waals surface area contributed by atoms with Gasteiger partial charge < -0.3 is 15.7 Å². The number of amides is 1. The first-order chi connectivity index (χ1) is 7.93. The average molecular weight is 249 g/mol. The summed E-state index contributed by atoms with van der Waals surface area (Å²) < 4.78 is 35.7. The second-order valence-corrected chi connectivity index (χ2v) is 3.03. The van der Waals surface area contributed by atoms with Crippen LogP contribution in [0.25, 0.3) is 0 Å². The number of aliphatic hydroxyl groups is 1. The molecule has 1 aromatic heterocycles. The molecule has 8 heteroatoms. The van der Waals surface area contributed by atoms with E-state index in [1.807, 2.05) is 0 Å². The van der Waals surface area contributed by atoms with Crippen molar-refractivity contribution in [3.8, 4) is 0 Å². The number of anilines is 2. The van der Waals surface area contributed by atoms with Crippen LogP contribution in [0, 0.1) is 0 Å². The molecular formula is C9H10F3N3O2. The van der Waals surface area contributed by atoms with Crippen molar-refractivity contribution >= 4 is 17.4 Å². The fourth-order valence-corrected chi connectivity index (χ4v) is 0.958. The molecule has 0 radical (unpaired) electrons. The average Bonchev–Trinajstić information content (AvgIpc) is 2.27. The van der Waals surface area contributed by atoms with E-state index in [1.165, 1.54) is 12.1 Å². The number of rotatable bonds is 4. The van der Waals surface area contributed by atoms with Crippen molar-refractivity contribution in [1.82, 2.24) is 4.98 Å². The smallest absolute Gasteiger partial charge is 0.395 e. The van der Waals surface area contributed by atoms with Crippen LogP contribution in [-0.2, 0) is 4.79 Å². The topological polar surface area (TPSA) is 74.2 Å². The van der Waals surface area contributed by atoms with Crippen molar-refractivity contribution in [2.45, 2.75) is 6.18 Å². The standard InChI is InChI=1S/C9H10F3N3O2/c10-9(11,12)8(17)15-6-1-2-7(14-5-6)13-3-4-16/h1-2,5,16H,3-4H2,(H,13,14)(H,15,17). The highest BCUT2D eigenvalue weighted by Crippen LogP contribution is 2.18. The van der Waals surface area contributed by atoms with Crippen molar-refractivity contribution in [3.63, 3.8) is 0 Å². The molecule has 0 aliphatic carbocycles. The highest BCUT2D eigenvalue weighted by molar-refractivity contribution is 5.94. The van der Waals surface area contributed by atoms with E-state index in [9.17, 15) is 18.0 Å². The van der Waals surface area contributed by atoms with Gasteiger partial charge >= 0.3 is 12.1 Å². The van der Waals surface area contributed by atoms with Gasteiger partial charge in [-0.1, -0.05) is 0 Å². The van der Waals surface area contributed by atoms with Crippen molar-refractivity contribution < 1.29 is 23.1 Å². The lowest BCUT2D eigenvalue weighted by Crippen LogP contribution is -2.29. The first kappa shape index (κ1) is 13.2. The number of nitrogens with zero attached hydrogens (tertiary/aromatic N) is 1. The maximum absolute atomic E-state index is 11.9. The van der Waals surface area contributed by atoms with Crippen molar-refractivity contribution in [3.05, 3.63) is 18.3 Å². The van der Waals surface area contributed by atoms with Gasteiger partial charge in [-0.05, 0) is 12.1 Å². The summed E-state index contributed by atoms with van der Waals surface area (Å²) in [4.78, 5) is 14.3. The minimum atomic E-state index is -4.92. The Balaban J connectivity index is 2.59. The molecular weight excluding hydrogens is 239 g/mol. The number of alkyl halides is 3. The van der Waals surface area contributed by atoms with E-state index in [0.29, 0.717) is 5.82 Å². The molecule has 0 saturated heterocycles. The highest BCUT2D eigenvalue weighted by Gasteiger charge is 2.38. The lowest BCUT2D eigenvalue weighted by molar-refractivity contribution is -0.167. The Hall–Kier alpha value is -1.83. The first-order valence-electron chi connectivity index (χ1n) is 4.62. The van der Waals surface area contributed by atoms with Gasteiger partial charge in [-0.3, -0.25) is 4.79 Å². The van der Waals surface area contributed by atoms with E-state index in [0.717, 1.165) is 6.20 Å². The van der Waals surface area contributed by atoms with Crippen LogP contribution < -0.4 is 10.6 Å². The lowest BCUT2D eigenvalue weighted by atomic mass is 10.4. The molecule has 1 amide bonds. The maximum atomic E-state index is 11.9. The number of carbonyl (C=O) groups is 1. The minimum Gasteiger partial charge on any atom is -0.395 e. The quantitative estimate of drug-likeness (QED) is 0.743. The molecule has 17 heavy (non-hydrogen) atoms. The number of hydrogen-bond donors (Lipinski definition) is 3. The molecule has 1 aromatic rings. The number of hydrogen-bond acceptors (Lipinski definition) is 4. The third kappa shape index (κ3) is 4.27. The molecule has 3 N–H and O–H groups in total. The largest absolute Gasteiger partial charge is 0.471 e. The van der Waals surface area contributed by atoms with E-state index in [4.69, 9.17) is 5.11 Å². The zero-order chi connectivity index (χ0) is 12.9. The molecule has 0 bridgehead atoms. The van der Waals surface area contributed by atoms with Crippen LogP contribution in [0.3, 0.4) is 0 Å². The van der Waals surface area contributed by atoms with Gasteiger partial charge in [0, 0.05) is 6.54 Å². The van der Waals surface area contributed by atoms with Crippen molar-refractivity contribution in [1.29, 1.82) is 0 Å². The summed E-state index contributed by atoms with van der Waals surface area (Å²) in [5.74, 6) is -1.65. The second kappa shape index (κ2) is 5.48. The molecule has 1 rings (SSSR count). The maximum Gasteiger partial charge on any atom is 0.471 e. The molecule has 0 saturated carbocycles. The third-order valence-corrected chi connectivity index (χ3v) is 1.70. The molecule has 0 aliphatic heterocycles. The Bertz CT molecular complexity index is 378. The first-order valence-corrected chi connectivity index (χ1v) is 4.62. The summed E-state index contributed by atoms with van der Waals surface area (Å²) in [6.07, 6.45) is -3.84. The van der Waals surface area contributed by atoms with Crippen molar-refractivity contribution in [2.75, 3.05) is 23.8 Å². The zero-order valence-electron chi connectivity index (χ0n) is 8.58. The van der Waals surface area contributed by atoms with Crippen LogP contribution in [0.15, 0.2) is 18.3 Å². The Kier molecular flexibility index (Phi) is 4.27. The van der Waals surface area contributed by atoms with Gasteiger partial charge in [0.05, 0.1) is 18.5 Å². The molecule has 0 spiro atoms. The molecule has 94 valence electrons. The highest BCUT2D eigenvalue weighted by atomic mass is 19.4. The summed E-state index contributed by atoms with van der Waals surface area (Å²) in [5, 5.41) is 12.9. The number of aliphatic hydroxyl groups excluding tert-OH is 1. The Morgan fingerprint density at radius 2 is 2.12 bits per heavy atom. The molecule has 0 unspecified atom stereocenters. The Labute approximate surface area is 94.7 Å². The number of nitrogens with one attached hydrogen (secondary N) is 2. The zero-order valence-corrected chi connectivity index (χ0v) is 8.58. The summed E-state index contributed by atoms with van der Waals surface area (Å²) in [7, 11) is 0. The molecule has 0 aliphatic rings. The second-order valence-electron chi connectivity index (χ2n) is 3.03. The monoisotopic (exact) mass is 249 g/mol. The molecule has 1 heterocycles. The lowest BCUT2D eigenvalue weighted by Gasteiger charge is -2.08. The van der Waals surface area contributed by atoms with E-state index in [-0.39, 0.29) is 18.8 Å². The van der Waals surface area contributed by atoms with Crippen LogP contribution in [0.5, 0.6) is 0 Å². The normalized spacial score (nSPS) is 11.1. The fourth-order valence-electron chi connectivity index (χ4n) is 0.958. The minimum absolute atomic E-state index is 0.0538. The molecule has 5 nitrogen and oxygen atoms in total. The van der Waals surface area contributed by atoms with Crippen molar-refractivity contribution in [2.24, 2.45) is 0 Å². The van der Waals surface area contributed by atoms with Gasteiger partial charge in [-0.15, -0.1) is 0 Å². The van der Waals surface area contributed by atoms with Gasteiger partial charge in [-0.25, -0.2) is 4.98 Å². The predicted molar refractivity (Wildman–Crippen MR) is 54.5 cm³/mol. The van der Waals surface area contributed by atoms with Gasteiger partial charge in [0.15, 0.2) is 0 Å². The van der Waals surface area contributed by atoms with E-state index in [1.54, 1.807) is 5.32 Å². The summed E-state index contributed by atoms with van der Waals surface area (Å²) in [5.41, 5.74) is -0.0538. The van der Waals surface area contributed by atoms with Crippen LogP contribution in [0.1, 0.15) is 0 Å². The van der Waals surface area contributed by atoms with Crippen LogP contribution >= 0.6 is 0 Å². The van der Waals surface area contributed by atoms with E-state index < -0.39 is 12.1 Å². The van der Waals surface area contributed by atoms with Gasteiger partial charge in [0.2, 0.25) is 0 Å². The number of pyridine rings is 1. The number of aromatic nitrogens is 1. The van der Waals surface area contributed by atoms with Crippen LogP contribution in [0.4, 0.5) is 24.7 Å².